The maximum absolute atomic E-state index is 12.1. The first-order chi connectivity index (χ1) is 13.0. The van der Waals surface area contributed by atoms with Gasteiger partial charge in [0.2, 0.25) is 5.91 Å². The molecule has 1 atom stereocenters. The smallest absolute Gasteiger partial charge is 0.307 e. The van der Waals surface area contributed by atoms with E-state index in [1.165, 1.54) is 11.8 Å². The van der Waals surface area contributed by atoms with E-state index in [4.69, 9.17) is 4.74 Å². The Bertz CT molecular complexity index is 885. The van der Waals surface area contributed by atoms with Gasteiger partial charge in [-0.2, -0.15) is 0 Å². The fourth-order valence-electron chi connectivity index (χ4n) is 2.41. The fourth-order valence-corrected chi connectivity index (χ4v) is 3.50. The predicted octanol–water partition coefficient (Wildman–Crippen LogP) is 1.99. The van der Waals surface area contributed by atoms with E-state index in [2.05, 4.69) is 10.6 Å². The van der Waals surface area contributed by atoms with Gasteiger partial charge < -0.3 is 10.1 Å². The van der Waals surface area contributed by atoms with Crippen molar-refractivity contribution < 1.29 is 23.9 Å². The van der Waals surface area contributed by atoms with Crippen LogP contribution >= 0.6 is 11.8 Å². The quantitative estimate of drug-likeness (QED) is 0.765. The summed E-state index contributed by atoms with van der Waals surface area (Å²) >= 11 is 1.27. The normalized spacial score (nSPS) is 15.3. The lowest BCUT2D eigenvalue weighted by molar-refractivity contribution is -0.148. The zero-order chi connectivity index (χ0) is 19.2. The molecule has 0 aromatic heterocycles. The SMILES string of the molecule is O=C(COC(=O)C[C@@H]1Sc2ccccc2NC1=O)NC(=O)c1ccccc1. The summed E-state index contributed by atoms with van der Waals surface area (Å²) < 4.78 is 4.88. The first kappa shape index (κ1) is 18.7. The molecule has 0 saturated carbocycles. The summed E-state index contributed by atoms with van der Waals surface area (Å²) in [4.78, 5) is 48.5. The van der Waals surface area contributed by atoms with Crippen LogP contribution in [0.2, 0.25) is 0 Å². The van der Waals surface area contributed by atoms with E-state index in [-0.39, 0.29) is 12.3 Å². The third-order valence-corrected chi connectivity index (χ3v) is 4.99. The molecule has 3 rings (SSSR count). The van der Waals surface area contributed by atoms with Gasteiger partial charge in [0.05, 0.1) is 17.4 Å². The minimum Gasteiger partial charge on any atom is -0.456 e. The molecule has 2 aromatic rings. The summed E-state index contributed by atoms with van der Waals surface area (Å²) in [5.74, 6) is -2.29. The number of nitrogens with one attached hydrogen (secondary N) is 2. The standard InChI is InChI=1S/C19H16N2O5S/c22-16(21-18(24)12-6-2-1-3-7-12)11-26-17(23)10-15-19(25)20-13-8-4-5-9-14(13)27-15/h1-9,15H,10-11H2,(H,20,25)(H,21,22,24)/t15-/m0/s1. The maximum Gasteiger partial charge on any atom is 0.307 e. The molecular weight excluding hydrogens is 368 g/mol. The highest BCUT2D eigenvalue weighted by atomic mass is 32.2. The van der Waals surface area contributed by atoms with Crippen molar-refractivity contribution in [3.63, 3.8) is 0 Å². The van der Waals surface area contributed by atoms with Gasteiger partial charge in [-0.3, -0.25) is 24.5 Å². The molecule has 3 amide bonds. The third-order valence-electron chi connectivity index (χ3n) is 3.71. The lowest BCUT2D eigenvalue weighted by Crippen LogP contribution is -2.35. The predicted molar refractivity (Wildman–Crippen MR) is 99.2 cm³/mol. The van der Waals surface area contributed by atoms with Gasteiger partial charge in [0.25, 0.3) is 11.8 Å². The van der Waals surface area contributed by atoms with E-state index >= 15 is 0 Å². The minimum absolute atomic E-state index is 0.176. The number of imide groups is 1. The van der Waals surface area contributed by atoms with Crippen LogP contribution in [0.3, 0.4) is 0 Å². The molecule has 0 bridgehead atoms. The highest BCUT2D eigenvalue weighted by molar-refractivity contribution is 8.01. The molecule has 0 fully saturated rings. The van der Waals surface area contributed by atoms with Gasteiger partial charge in [0.1, 0.15) is 0 Å². The summed E-state index contributed by atoms with van der Waals surface area (Å²) in [5.41, 5.74) is 1.03. The Morgan fingerprint density at radius 3 is 2.52 bits per heavy atom. The number of esters is 1. The second-order valence-electron chi connectivity index (χ2n) is 5.70. The van der Waals surface area contributed by atoms with Crippen LogP contribution in [-0.2, 0) is 19.1 Å². The minimum atomic E-state index is -0.733. The van der Waals surface area contributed by atoms with Gasteiger partial charge in [0, 0.05) is 10.5 Å². The van der Waals surface area contributed by atoms with Crippen molar-refractivity contribution in [2.75, 3.05) is 11.9 Å². The van der Waals surface area contributed by atoms with Crippen LogP contribution in [0, 0.1) is 0 Å². The van der Waals surface area contributed by atoms with Gasteiger partial charge in [-0.05, 0) is 24.3 Å². The Hall–Kier alpha value is -3.13. The number of para-hydroxylation sites is 1. The molecule has 0 spiro atoms. The van der Waals surface area contributed by atoms with E-state index in [9.17, 15) is 19.2 Å². The van der Waals surface area contributed by atoms with Crippen LogP contribution in [0.1, 0.15) is 16.8 Å². The molecule has 2 aromatic carbocycles. The highest BCUT2D eigenvalue weighted by Gasteiger charge is 2.29. The Morgan fingerprint density at radius 1 is 1.04 bits per heavy atom. The van der Waals surface area contributed by atoms with Crippen molar-refractivity contribution in [1.82, 2.24) is 5.32 Å². The summed E-state index contributed by atoms with van der Waals surface area (Å²) in [7, 11) is 0. The van der Waals surface area contributed by atoms with E-state index in [1.54, 1.807) is 36.4 Å². The van der Waals surface area contributed by atoms with Gasteiger partial charge in [0.15, 0.2) is 6.61 Å². The van der Waals surface area contributed by atoms with Gasteiger partial charge in [-0.25, -0.2) is 0 Å². The molecule has 2 N–H and O–H groups in total. The lowest BCUT2D eigenvalue weighted by Gasteiger charge is -2.23. The number of carbonyl (C=O) groups excluding carboxylic acids is 4. The number of hydrogen-bond donors (Lipinski definition) is 2. The Morgan fingerprint density at radius 2 is 1.74 bits per heavy atom. The molecule has 0 unspecified atom stereocenters. The molecular formula is C19H16N2O5S. The summed E-state index contributed by atoms with van der Waals surface area (Å²) in [6, 6.07) is 15.5. The zero-order valence-corrected chi connectivity index (χ0v) is 15.0. The lowest BCUT2D eigenvalue weighted by atomic mass is 10.2. The average molecular weight is 384 g/mol. The van der Waals surface area contributed by atoms with E-state index in [0.717, 1.165) is 4.90 Å². The number of thioether (sulfide) groups is 1. The van der Waals surface area contributed by atoms with Crippen molar-refractivity contribution in [2.24, 2.45) is 0 Å². The molecule has 0 aliphatic carbocycles. The van der Waals surface area contributed by atoms with Crippen molar-refractivity contribution in [2.45, 2.75) is 16.6 Å². The van der Waals surface area contributed by atoms with E-state index in [0.29, 0.717) is 11.3 Å². The van der Waals surface area contributed by atoms with Crippen molar-refractivity contribution in [1.29, 1.82) is 0 Å². The molecule has 1 heterocycles. The molecule has 8 heteroatoms. The second-order valence-corrected chi connectivity index (χ2v) is 6.94. The zero-order valence-electron chi connectivity index (χ0n) is 14.1. The van der Waals surface area contributed by atoms with E-state index in [1.807, 2.05) is 18.2 Å². The number of fused-ring (bicyclic) bond motifs is 1. The Labute approximate surface area is 159 Å². The first-order valence-electron chi connectivity index (χ1n) is 8.14. The highest BCUT2D eigenvalue weighted by Crippen LogP contribution is 2.36. The molecule has 7 nitrogen and oxygen atoms in total. The number of carbonyl (C=O) groups is 4. The number of amides is 3. The van der Waals surface area contributed by atoms with Crippen molar-refractivity contribution in [3.8, 4) is 0 Å². The second kappa shape index (κ2) is 8.50. The van der Waals surface area contributed by atoms with Gasteiger partial charge in [-0.1, -0.05) is 30.3 Å². The van der Waals surface area contributed by atoms with Gasteiger partial charge in [-0.15, -0.1) is 11.8 Å². The van der Waals surface area contributed by atoms with Crippen LogP contribution < -0.4 is 10.6 Å². The van der Waals surface area contributed by atoms with Crippen molar-refractivity contribution in [3.05, 3.63) is 60.2 Å². The van der Waals surface area contributed by atoms with E-state index < -0.39 is 29.6 Å². The monoisotopic (exact) mass is 384 g/mol. The summed E-state index contributed by atoms with van der Waals surface area (Å²) in [6.45, 7) is -0.590. The summed E-state index contributed by atoms with van der Waals surface area (Å²) in [5, 5.41) is 4.23. The van der Waals surface area contributed by atoms with Crippen LogP contribution in [0.25, 0.3) is 0 Å². The molecule has 0 saturated heterocycles. The Balaban J connectivity index is 1.46. The largest absolute Gasteiger partial charge is 0.456 e. The number of anilines is 1. The average Bonchev–Trinajstić information content (AvgIpc) is 2.67. The van der Waals surface area contributed by atoms with Crippen LogP contribution in [-0.4, -0.2) is 35.5 Å². The number of hydrogen-bond acceptors (Lipinski definition) is 6. The van der Waals surface area contributed by atoms with Crippen LogP contribution in [0.15, 0.2) is 59.5 Å². The number of rotatable bonds is 5. The van der Waals surface area contributed by atoms with Gasteiger partial charge >= 0.3 is 5.97 Å². The third kappa shape index (κ3) is 4.95. The number of ether oxygens (including phenoxy) is 1. The molecule has 0 radical (unpaired) electrons. The van der Waals surface area contributed by atoms with Crippen molar-refractivity contribution >= 4 is 41.1 Å². The molecule has 138 valence electrons. The number of benzene rings is 2. The fraction of sp³-hybridized carbons (Fsp3) is 0.158. The molecule has 1 aliphatic rings. The Kier molecular flexibility index (Phi) is 5.87. The molecule has 1 aliphatic heterocycles. The maximum atomic E-state index is 12.1. The first-order valence-corrected chi connectivity index (χ1v) is 9.02. The summed E-state index contributed by atoms with van der Waals surface area (Å²) in [6.07, 6.45) is -0.176. The topological polar surface area (TPSA) is 102 Å². The molecule has 27 heavy (non-hydrogen) atoms. The van der Waals surface area contributed by atoms with Crippen LogP contribution in [0.4, 0.5) is 5.69 Å². The van der Waals surface area contributed by atoms with Crippen LogP contribution in [0.5, 0.6) is 0 Å².